The Bertz CT molecular complexity index is 1060. The minimum absolute atomic E-state index is 0.120. The average Bonchev–Trinajstić information content (AvgIpc) is 3.58. The van der Waals surface area contributed by atoms with Crippen LogP contribution in [-0.4, -0.2) is 29.5 Å². The molecule has 1 N–H and O–H groups in total. The van der Waals surface area contributed by atoms with E-state index in [-0.39, 0.29) is 18.6 Å². The van der Waals surface area contributed by atoms with Crippen molar-refractivity contribution in [3.8, 4) is 11.3 Å². The summed E-state index contributed by atoms with van der Waals surface area (Å²) in [7, 11) is 0. The molecule has 0 saturated heterocycles. The first kappa shape index (κ1) is 19.1. The molecule has 0 aliphatic heterocycles. The van der Waals surface area contributed by atoms with E-state index < -0.39 is 5.97 Å². The molecule has 5 heteroatoms. The number of fused-ring (bicyclic) bond motifs is 1. The van der Waals surface area contributed by atoms with Crippen molar-refractivity contribution in [3.63, 3.8) is 0 Å². The normalized spacial score (nSPS) is 14.4. The molecule has 0 spiro atoms. The highest BCUT2D eigenvalue weighted by Gasteiger charge is 2.29. The van der Waals surface area contributed by atoms with Crippen molar-refractivity contribution in [2.24, 2.45) is 5.92 Å². The first-order valence-electron chi connectivity index (χ1n) is 9.96. The van der Waals surface area contributed by atoms with E-state index in [1.165, 1.54) is 0 Å². The highest BCUT2D eigenvalue weighted by Crippen LogP contribution is 2.32. The minimum atomic E-state index is -0.507. The lowest BCUT2D eigenvalue weighted by molar-refractivity contribution is -0.124. The zero-order valence-corrected chi connectivity index (χ0v) is 16.6. The molecule has 1 fully saturated rings. The molecule has 3 aromatic rings. The maximum atomic E-state index is 13.0. The van der Waals surface area contributed by atoms with Gasteiger partial charge in [-0.1, -0.05) is 48.5 Å². The molecule has 1 saturated carbocycles. The van der Waals surface area contributed by atoms with Crippen molar-refractivity contribution in [1.82, 2.24) is 10.3 Å². The molecule has 1 amide bonds. The Morgan fingerprint density at radius 3 is 2.52 bits per heavy atom. The Morgan fingerprint density at radius 1 is 1.10 bits per heavy atom. The summed E-state index contributed by atoms with van der Waals surface area (Å²) < 4.78 is 5.39. The van der Waals surface area contributed by atoms with Gasteiger partial charge in [0.25, 0.3) is 5.91 Å². The molecule has 2 aromatic carbocycles. The maximum Gasteiger partial charge on any atom is 0.339 e. The third-order valence-electron chi connectivity index (χ3n) is 5.44. The number of pyridine rings is 1. The fourth-order valence-electron chi connectivity index (χ4n) is 3.66. The fraction of sp³-hybridized carbons (Fsp3) is 0.292. The molecule has 1 aromatic heterocycles. The molecule has 4 rings (SSSR count). The first-order chi connectivity index (χ1) is 14.0. The number of hydrogen-bond acceptors (Lipinski definition) is 4. The number of amides is 1. The van der Waals surface area contributed by atoms with Crippen molar-refractivity contribution >= 4 is 22.8 Å². The Labute approximate surface area is 170 Å². The van der Waals surface area contributed by atoms with Gasteiger partial charge in [-0.2, -0.15) is 0 Å². The highest BCUT2D eigenvalue weighted by molar-refractivity contribution is 6.06. The Kier molecular flexibility index (Phi) is 5.30. The number of hydrogen-bond donors (Lipinski definition) is 1. The van der Waals surface area contributed by atoms with Crippen molar-refractivity contribution in [3.05, 3.63) is 65.7 Å². The van der Waals surface area contributed by atoms with E-state index in [1.54, 1.807) is 0 Å². The van der Waals surface area contributed by atoms with Gasteiger partial charge in [-0.15, -0.1) is 0 Å². The van der Waals surface area contributed by atoms with Crippen LogP contribution in [0.1, 0.15) is 35.7 Å². The van der Waals surface area contributed by atoms with Gasteiger partial charge in [-0.25, -0.2) is 9.78 Å². The predicted octanol–water partition coefficient (Wildman–Crippen LogP) is 4.28. The lowest BCUT2D eigenvalue weighted by Gasteiger charge is -2.15. The average molecular weight is 388 g/mol. The summed E-state index contributed by atoms with van der Waals surface area (Å²) in [6.07, 6.45) is 2.29. The Balaban J connectivity index is 1.62. The second kappa shape index (κ2) is 8.03. The number of benzene rings is 2. The van der Waals surface area contributed by atoms with Crippen LogP contribution in [0.5, 0.6) is 0 Å². The third kappa shape index (κ3) is 4.14. The number of rotatable bonds is 6. The molecule has 1 atom stereocenters. The number of esters is 1. The van der Waals surface area contributed by atoms with Crippen LogP contribution < -0.4 is 5.32 Å². The van der Waals surface area contributed by atoms with Gasteiger partial charge in [0.05, 0.1) is 16.8 Å². The predicted molar refractivity (Wildman–Crippen MR) is 113 cm³/mol. The molecule has 1 unspecified atom stereocenters. The summed E-state index contributed by atoms with van der Waals surface area (Å²) in [6.45, 7) is 3.57. The second-order valence-corrected chi connectivity index (χ2v) is 7.61. The molecular weight excluding hydrogens is 364 g/mol. The zero-order valence-electron chi connectivity index (χ0n) is 16.6. The fourth-order valence-corrected chi connectivity index (χ4v) is 3.66. The van der Waals surface area contributed by atoms with E-state index in [2.05, 4.69) is 5.32 Å². The molecule has 148 valence electrons. The highest BCUT2D eigenvalue weighted by atomic mass is 16.5. The van der Waals surface area contributed by atoms with E-state index in [0.29, 0.717) is 11.5 Å². The van der Waals surface area contributed by atoms with E-state index in [4.69, 9.17) is 9.72 Å². The second-order valence-electron chi connectivity index (χ2n) is 7.61. The SMILES string of the molecule is Cc1c(-c2ccccc2)nc2ccccc2c1C(=O)OCC(=O)NC(C)C1CC1. The molecule has 1 aliphatic carbocycles. The van der Waals surface area contributed by atoms with Crippen LogP contribution in [0.2, 0.25) is 0 Å². The van der Waals surface area contributed by atoms with E-state index in [9.17, 15) is 9.59 Å². The number of carbonyl (C=O) groups excluding carboxylic acids is 2. The van der Waals surface area contributed by atoms with Crippen molar-refractivity contribution in [1.29, 1.82) is 0 Å². The summed E-state index contributed by atoms with van der Waals surface area (Å²) in [6, 6.07) is 17.4. The topological polar surface area (TPSA) is 68.3 Å². The lowest BCUT2D eigenvalue weighted by Crippen LogP contribution is -2.37. The van der Waals surface area contributed by atoms with E-state index in [0.717, 1.165) is 40.6 Å². The van der Waals surface area contributed by atoms with Crippen LogP contribution in [0.15, 0.2) is 54.6 Å². The molecule has 0 bridgehead atoms. The van der Waals surface area contributed by atoms with Gasteiger partial charge < -0.3 is 10.1 Å². The van der Waals surface area contributed by atoms with Gasteiger partial charge >= 0.3 is 5.97 Å². The standard InChI is InChI=1S/C24H24N2O3/c1-15-22(24(28)29-14-21(27)25-16(2)17-12-13-17)19-10-6-7-11-20(19)26-23(15)18-8-4-3-5-9-18/h3-11,16-17H,12-14H2,1-2H3,(H,25,27). The number of carbonyl (C=O) groups is 2. The molecular formula is C24H24N2O3. The first-order valence-corrected chi connectivity index (χ1v) is 9.96. The van der Waals surface area contributed by atoms with Crippen LogP contribution in [0.3, 0.4) is 0 Å². The summed E-state index contributed by atoms with van der Waals surface area (Å²) in [5, 5.41) is 3.63. The maximum absolute atomic E-state index is 13.0. The number of nitrogens with one attached hydrogen (secondary N) is 1. The quantitative estimate of drug-likeness (QED) is 0.640. The summed E-state index contributed by atoms with van der Waals surface area (Å²) >= 11 is 0. The Hall–Kier alpha value is -3.21. The van der Waals surface area contributed by atoms with Crippen molar-refractivity contribution in [2.75, 3.05) is 6.61 Å². The van der Waals surface area contributed by atoms with Crippen LogP contribution in [0.25, 0.3) is 22.2 Å². The molecule has 5 nitrogen and oxygen atoms in total. The number of ether oxygens (including phenoxy) is 1. The van der Waals surface area contributed by atoms with Gasteiger partial charge in [-0.3, -0.25) is 4.79 Å². The number of aromatic nitrogens is 1. The monoisotopic (exact) mass is 388 g/mol. The molecule has 1 aliphatic rings. The van der Waals surface area contributed by atoms with E-state index in [1.807, 2.05) is 68.4 Å². The third-order valence-corrected chi connectivity index (χ3v) is 5.44. The molecule has 0 radical (unpaired) electrons. The zero-order chi connectivity index (χ0) is 20.4. The summed E-state index contributed by atoms with van der Waals surface area (Å²) in [5.41, 5.74) is 3.59. The van der Waals surface area contributed by atoms with Crippen LogP contribution in [-0.2, 0) is 9.53 Å². The van der Waals surface area contributed by atoms with Crippen LogP contribution in [0, 0.1) is 12.8 Å². The molecule has 1 heterocycles. The largest absolute Gasteiger partial charge is 0.452 e. The lowest BCUT2D eigenvalue weighted by atomic mass is 9.98. The number of para-hydroxylation sites is 1. The van der Waals surface area contributed by atoms with Gasteiger partial charge in [0, 0.05) is 17.0 Å². The smallest absolute Gasteiger partial charge is 0.339 e. The van der Waals surface area contributed by atoms with Gasteiger partial charge in [0.1, 0.15) is 0 Å². The van der Waals surface area contributed by atoms with Crippen LogP contribution in [0.4, 0.5) is 0 Å². The van der Waals surface area contributed by atoms with Crippen molar-refractivity contribution < 1.29 is 14.3 Å². The van der Waals surface area contributed by atoms with Gasteiger partial charge in [-0.05, 0) is 44.2 Å². The number of nitrogens with zero attached hydrogens (tertiary/aromatic N) is 1. The van der Waals surface area contributed by atoms with E-state index >= 15 is 0 Å². The van der Waals surface area contributed by atoms with Gasteiger partial charge in [0.2, 0.25) is 0 Å². The Morgan fingerprint density at radius 2 is 1.79 bits per heavy atom. The van der Waals surface area contributed by atoms with Gasteiger partial charge in [0.15, 0.2) is 6.61 Å². The molecule has 29 heavy (non-hydrogen) atoms. The summed E-state index contributed by atoms with van der Waals surface area (Å²) in [5.74, 6) is -0.223. The summed E-state index contributed by atoms with van der Waals surface area (Å²) in [4.78, 5) is 29.9. The van der Waals surface area contributed by atoms with Crippen molar-refractivity contribution in [2.45, 2.75) is 32.7 Å². The van der Waals surface area contributed by atoms with Crippen LogP contribution >= 0.6 is 0 Å². The minimum Gasteiger partial charge on any atom is -0.452 e.